The maximum absolute atomic E-state index is 13.0. The van der Waals surface area contributed by atoms with Gasteiger partial charge in [-0.05, 0) is 54.1 Å². The van der Waals surface area contributed by atoms with Crippen LogP contribution in [-0.4, -0.2) is 5.78 Å². The standard InChI is InChI=1S/C21H15FO2/c1-15(16-7-11-18(22)12-8-16)21(23)17-9-13-20(14-10-17)24-19-5-3-2-4-6-19/h2-14H,1H2. The molecule has 0 bridgehead atoms. The van der Waals surface area contributed by atoms with E-state index in [0.29, 0.717) is 22.4 Å². The Morgan fingerprint density at radius 1 is 0.750 bits per heavy atom. The van der Waals surface area contributed by atoms with Crippen LogP contribution in [0.25, 0.3) is 5.57 Å². The molecule has 118 valence electrons. The molecule has 0 radical (unpaired) electrons. The summed E-state index contributed by atoms with van der Waals surface area (Å²) in [6.07, 6.45) is 0. The van der Waals surface area contributed by atoms with Crippen molar-refractivity contribution in [3.63, 3.8) is 0 Å². The van der Waals surface area contributed by atoms with Crippen molar-refractivity contribution in [1.29, 1.82) is 0 Å². The van der Waals surface area contributed by atoms with Crippen molar-refractivity contribution in [3.05, 3.63) is 102 Å². The molecule has 0 aliphatic carbocycles. The Hall–Kier alpha value is -3.20. The molecule has 3 heteroatoms. The molecule has 0 aliphatic rings. The van der Waals surface area contributed by atoms with E-state index < -0.39 is 0 Å². The van der Waals surface area contributed by atoms with E-state index in [1.807, 2.05) is 30.3 Å². The molecule has 0 N–H and O–H groups in total. The Morgan fingerprint density at radius 2 is 1.29 bits per heavy atom. The number of para-hydroxylation sites is 1. The van der Waals surface area contributed by atoms with Gasteiger partial charge in [-0.1, -0.05) is 36.9 Å². The van der Waals surface area contributed by atoms with Gasteiger partial charge in [-0.3, -0.25) is 4.79 Å². The lowest BCUT2D eigenvalue weighted by Gasteiger charge is -2.08. The molecule has 3 aromatic carbocycles. The molecule has 0 aromatic heterocycles. The second kappa shape index (κ2) is 6.92. The highest BCUT2D eigenvalue weighted by atomic mass is 19.1. The Kier molecular flexibility index (Phi) is 4.52. The number of hydrogen-bond acceptors (Lipinski definition) is 2. The van der Waals surface area contributed by atoms with E-state index in [2.05, 4.69) is 6.58 Å². The second-order valence-electron chi connectivity index (χ2n) is 5.25. The molecule has 24 heavy (non-hydrogen) atoms. The molecule has 0 saturated heterocycles. The van der Waals surface area contributed by atoms with Crippen molar-refractivity contribution in [2.75, 3.05) is 0 Å². The minimum absolute atomic E-state index is 0.201. The molecule has 3 rings (SSSR count). The van der Waals surface area contributed by atoms with Crippen LogP contribution in [0.4, 0.5) is 4.39 Å². The first-order valence-electron chi connectivity index (χ1n) is 7.46. The lowest BCUT2D eigenvalue weighted by Crippen LogP contribution is -2.01. The number of ether oxygens (including phenoxy) is 1. The van der Waals surface area contributed by atoms with Gasteiger partial charge in [0.1, 0.15) is 17.3 Å². The number of halogens is 1. The van der Waals surface area contributed by atoms with Crippen LogP contribution in [0, 0.1) is 5.82 Å². The molecule has 0 aliphatic heterocycles. The fraction of sp³-hybridized carbons (Fsp3) is 0. The predicted molar refractivity (Wildman–Crippen MR) is 92.7 cm³/mol. The molecule has 0 saturated carbocycles. The summed E-state index contributed by atoms with van der Waals surface area (Å²) in [5.41, 5.74) is 1.43. The number of allylic oxidation sites excluding steroid dienone is 1. The first-order chi connectivity index (χ1) is 11.6. The average molecular weight is 318 g/mol. The first kappa shape index (κ1) is 15.7. The van der Waals surface area contributed by atoms with Gasteiger partial charge < -0.3 is 4.74 Å². The zero-order valence-corrected chi connectivity index (χ0v) is 12.9. The van der Waals surface area contributed by atoms with Crippen molar-refractivity contribution in [1.82, 2.24) is 0 Å². The number of benzene rings is 3. The van der Waals surface area contributed by atoms with E-state index in [1.165, 1.54) is 12.1 Å². The van der Waals surface area contributed by atoms with Crippen LogP contribution in [0.1, 0.15) is 15.9 Å². The third-order valence-corrected chi connectivity index (χ3v) is 3.56. The fourth-order valence-corrected chi connectivity index (χ4v) is 2.26. The number of carbonyl (C=O) groups is 1. The minimum atomic E-state index is -0.346. The molecule has 0 amide bonds. The summed E-state index contributed by atoms with van der Waals surface area (Å²) in [6, 6.07) is 22.0. The number of hydrogen-bond donors (Lipinski definition) is 0. The normalized spacial score (nSPS) is 10.2. The molecule has 0 unspecified atom stereocenters. The van der Waals surface area contributed by atoms with Gasteiger partial charge in [0.2, 0.25) is 0 Å². The van der Waals surface area contributed by atoms with Gasteiger partial charge >= 0.3 is 0 Å². The Morgan fingerprint density at radius 3 is 1.92 bits per heavy atom. The van der Waals surface area contributed by atoms with E-state index in [-0.39, 0.29) is 11.6 Å². The van der Waals surface area contributed by atoms with E-state index in [9.17, 15) is 9.18 Å². The maximum Gasteiger partial charge on any atom is 0.193 e. The van der Waals surface area contributed by atoms with Crippen LogP contribution in [-0.2, 0) is 0 Å². The van der Waals surface area contributed by atoms with Crippen molar-refractivity contribution in [2.24, 2.45) is 0 Å². The van der Waals surface area contributed by atoms with Crippen LogP contribution < -0.4 is 4.74 Å². The average Bonchev–Trinajstić information content (AvgIpc) is 2.63. The topological polar surface area (TPSA) is 26.3 Å². The quantitative estimate of drug-likeness (QED) is 0.458. The number of Topliss-reactive ketones (excluding diaryl/α,β-unsaturated/α-hetero) is 1. The zero-order valence-electron chi connectivity index (χ0n) is 12.9. The molecule has 0 spiro atoms. The Bertz CT molecular complexity index is 851. The van der Waals surface area contributed by atoms with Crippen LogP contribution in [0.15, 0.2) is 85.4 Å². The molecular weight excluding hydrogens is 303 g/mol. The molecule has 3 aromatic rings. The van der Waals surface area contributed by atoms with Crippen molar-refractivity contribution in [2.45, 2.75) is 0 Å². The summed E-state index contributed by atoms with van der Waals surface area (Å²) in [5.74, 6) is 0.826. The summed E-state index contributed by atoms with van der Waals surface area (Å²) < 4.78 is 18.7. The van der Waals surface area contributed by atoms with Gasteiger partial charge in [-0.25, -0.2) is 4.39 Å². The molecular formula is C21H15FO2. The predicted octanol–water partition coefficient (Wildman–Crippen LogP) is 5.51. The second-order valence-corrected chi connectivity index (χ2v) is 5.25. The summed E-state index contributed by atoms with van der Waals surface area (Å²) >= 11 is 0. The third kappa shape index (κ3) is 3.58. The zero-order chi connectivity index (χ0) is 16.9. The fourth-order valence-electron chi connectivity index (χ4n) is 2.26. The summed E-state index contributed by atoms with van der Waals surface area (Å²) in [5, 5.41) is 0. The van der Waals surface area contributed by atoms with Crippen molar-refractivity contribution in [3.8, 4) is 11.5 Å². The largest absolute Gasteiger partial charge is 0.457 e. The highest BCUT2D eigenvalue weighted by Gasteiger charge is 2.12. The van der Waals surface area contributed by atoms with E-state index >= 15 is 0 Å². The third-order valence-electron chi connectivity index (χ3n) is 3.56. The summed E-state index contributed by atoms with van der Waals surface area (Å²) in [7, 11) is 0. The van der Waals surface area contributed by atoms with Gasteiger partial charge in [0.25, 0.3) is 0 Å². The van der Waals surface area contributed by atoms with Gasteiger partial charge in [-0.15, -0.1) is 0 Å². The minimum Gasteiger partial charge on any atom is -0.457 e. The van der Waals surface area contributed by atoms with Gasteiger partial charge in [0, 0.05) is 11.1 Å². The summed E-state index contributed by atoms with van der Waals surface area (Å²) in [4.78, 5) is 12.5. The monoisotopic (exact) mass is 318 g/mol. The Balaban J connectivity index is 1.74. The molecule has 0 heterocycles. The highest BCUT2D eigenvalue weighted by molar-refractivity contribution is 6.28. The van der Waals surface area contributed by atoms with Gasteiger partial charge in [-0.2, -0.15) is 0 Å². The van der Waals surface area contributed by atoms with E-state index in [0.717, 1.165) is 5.75 Å². The molecule has 2 nitrogen and oxygen atoms in total. The van der Waals surface area contributed by atoms with Crippen LogP contribution >= 0.6 is 0 Å². The lowest BCUT2D eigenvalue weighted by atomic mass is 9.98. The molecule has 0 fully saturated rings. The van der Waals surface area contributed by atoms with Crippen LogP contribution in [0.5, 0.6) is 11.5 Å². The first-order valence-corrected chi connectivity index (χ1v) is 7.46. The number of carbonyl (C=O) groups excluding carboxylic acids is 1. The van der Waals surface area contributed by atoms with E-state index in [4.69, 9.17) is 4.74 Å². The van der Waals surface area contributed by atoms with Crippen molar-refractivity contribution >= 4 is 11.4 Å². The number of rotatable bonds is 5. The summed E-state index contributed by atoms with van der Waals surface area (Å²) in [6.45, 7) is 3.82. The van der Waals surface area contributed by atoms with Crippen molar-refractivity contribution < 1.29 is 13.9 Å². The Labute approximate surface area is 139 Å². The van der Waals surface area contributed by atoms with Crippen LogP contribution in [0.3, 0.4) is 0 Å². The van der Waals surface area contributed by atoms with Crippen LogP contribution in [0.2, 0.25) is 0 Å². The SMILES string of the molecule is C=C(C(=O)c1ccc(Oc2ccccc2)cc1)c1ccc(F)cc1. The maximum atomic E-state index is 13.0. The molecule has 0 atom stereocenters. The highest BCUT2D eigenvalue weighted by Crippen LogP contribution is 2.23. The van der Waals surface area contributed by atoms with Gasteiger partial charge in [0.05, 0.1) is 0 Å². The smallest absolute Gasteiger partial charge is 0.193 e. The van der Waals surface area contributed by atoms with Gasteiger partial charge in [0.15, 0.2) is 5.78 Å². The number of ketones is 1. The van der Waals surface area contributed by atoms with E-state index in [1.54, 1.807) is 36.4 Å². The lowest BCUT2D eigenvalue weighted by molar-refractivity contribution is 0.105.